The van der Waals surface area contributed by atoms with Crippen molar-refractivity contribution >= 4 is 28.8 Å². The number of benzene rings is 1. The molecule has 0 radical (unpaired) electrons. The number of aromatic nitrogens is 3. The van der Waals surface area contributed by atoms with E-state index in [0.29, 0.717) is 47.0 Å². The highest BCUT2D eigenvalue weighted by molar-refractivity contribution is 5.89. The molecule has 10 heteroatoms. The molecule has 2 aromatic heterocycles. The van der Waals surface area contributed by atoms with Crippen LogP contribution in [-0.2, 0) is 9.53 Å². The standard InChI is InChI=1S/C24H30N6O4/c1-24(2,3)34-22(31)14-10-11-30(20(14)25)21-19-16(28-23(26)29-21)8-7-15(27-19)13-6-9-17(32-4)18(12-13)33-5/h6-9,12,14,20H,10-11,25H2,1-5H3,(H2,26,28,29)/t14?,20-/m1/s1. The number of nitrogens with zero attached hydrogens (tertiary/aromatic N) is 4. The summed E-state index contributed by atoms with van der Waals surface area (Å²) in [6, 6.07) is 9.26. The number of methoxy groups -OCH3 is 2. The lowest BCUT2D eigenvalue weighted by molar-refractivity contribution is -0.160. The average molecular weight is 467 g/mol. The summed E-state index contributed by atoms with van der Waals surface area (Å²) in [4.78, 5) is 28.2. The minimum Gasteiger partial charge on any atom is -0.493 e. The zero-order valence-electron chi connectivity index (χ0n) is 20.0. The molecule has 4 rings (SSSR count). The van der Waals surface area contributed by atoms with E-state index in [4.69, 9.17) is 30.7 Å². The molecular weight excluding hydrogens is 436 g/mol. The summed E-state index contributed by atoms with van der Waals surface area (Å²) < 4.78 is 16.3. The van der Waals surface area contributed by atoms with Gasteiger partial charge in [0, 0.05) is 12.1 Å². The van der Waals surface area contributed by atoms with E-state index in [1.165, 1.54) is 0 Å². The van der Waals surface area contributed by atoms with Gasteiger partial charge in [0.2, 0.25) is 5.95 Å². The molecule has 0 amide bonds. The summed E-state index contributed by atoms with van der Waals surface area (Å²) in [5, 5.41) is 0. The van der Waals surface area contributed by atoms with Crippen LogP contribution in [0.3, 0.4) is 0 Å². The molecule has 3 heterocycles. The fourth-order valence-electron chi connectivity index (χ4n) is 4.07. The van der Waals surface area contributed by atoms with Gasteiger partial charge in [0.1, 0.15) is 11.1 Å². The number of anilines is 2. The van der Waals surface area contributed by atoms with Gasteiger partial charge in [-0.2, -0.15) is 4.98 Å². The minimum absolute atomic E-state index is 0.107. The molecule has 1 aliphatic heterocycles. The number of nitrogens with two attached hydrogens (primary N) is 2. The molecule has 10 nitrogen and oxygen atoms in total. The largest absolute Gasteiger partial charge is 0.493 e. The Bertz CT molecular complexity index is 1230. The number of hydrogen-bond acceptors (Lipinski definition) is 10. The Balaban J connectivity index is 1.73. The quantitative estimate of drug-likeness (QED) is 0.540. The predicted octanol–water partition coefficient (Wildman–Crippen LogP) is 2.74. The smallest absolute Gasteiger partial charge is 0.313 e. The maximum Gasteiger partial charge on any atom is 0.313 e. The summed E-state index contributed by atoms with van der Waals surface area (Å²) in [7, 11) is 3.17. The number of ether oxygens (including phenoxy) is 3. The van der Waals surface area contributed by atoms with Gasteiger partial charge in [-0.05, 0) is 57.5 Å². The topological polar surface area (TPSA) is 139 Å². The van der Waals surface area contributed by atoms with E-state index in [1.54, 1.807) is 14.2 Å². The van der Waals surface area contributed by atoms with E-state index in [-0.39, 0.29) is 11.9 Å². The number of carbonyl (C=O) groups is 1. The molecular formula is C24H30N6O4. The van der Waals surface area contributed by atoms with E-state index in [0.717, 1.165) is 5.56 Å². The van der Waals surface area contributed by atoms with Crippen molar-refractivity contribution in [1.82, 2.24) is 15.0 Å². The number of esters is 1. The average Bonchev–Trinajstić information content (AvgIpc) is 3.17. The first-order valence-electron chi connectivity index (χ1n) is 11.0. The second kappa shape index (κ2) is 8.94. The number of pyridine rings is 1. The lowest BCUT2D eigenvalue weighted by Crippen LogP contribution is -2.45. The third kappa shape index (κ3) is 4.54. The molecule has 1 aliphatic rings. The fraction of sp³-hybridized carbons (Fsp3) is 0.417. The molecule has 1 unspecified atom stereocenters. The molecule has 0 aliphatic carbocycles. The van der Waals surface area contributed by atoms with Crippen LogP contribution in [-0.4, -0.2) is 53.5 Å². The zero-order valence-corrected chi connectivity index (χ0v) is 20.0. The first kappa shape index (κ1) is 23.5. The van der Waals surface area contributed by atoms with Crippen LogP contribution in [0, 0.1) is 5.92 Å². The Morgan fingerprint density at radius 2 is 1.79 bits per heavy atom. The molecule has 2 atom stereocenters. The van der Waals surface area contributed by atoms with Crippen LogP contribution in [0.1, 0.15) is 27.2 Å². The van der Waals surface area contributed by atoms with Crippen molar-refractivity contribution in [2.75, 3.05) is 31.4 Å². The van der Waals surface area contributed by atoms with Gasteiger partial charge in [-0.1, -0.05) is 0 Å². The van der Waals surface area contributed by atoms with E-state index in [9.17, 15) is 4.79 Å². The lowest BCUT2D eigenvalue weighted by atomic mass is 10.1. The van der Waals surface area contributed by atoms with Crippen molar-refractivity contribution in [3.05, 3.63) is 30.3 Å². The van der Waals surface area contributed by atoms with Gasteiger partial charge < -0.3 is 30.6 Å². The highest BCUT2D eigenvalue weighted by atomic mass is 16.6. The van der Waals surface area contributed by atoms with Crippen LogP contribution in [0.25, 0.3) is 22.3 Å². The monoisotopic (exact) mass is 466 g/mol. The van der Waals surface area contributed by atoms with Crippen LogP contribution < -0.4 is 25.8 Å². The second-order valence-corrected chi connectivity index (χ2v) is 9.15. The number of fused-ring (bicyclic) bond motifs is 1. The van der Waals surface area contributed by atoms with Gasteiger partial charge >= 0.3 is 5.97 Å². The minimum atomic E-state index is -0.626. The van der Waals surface area contributed by atoms with Gasteiger partial charge in [-0.15, -0.1) is 0 Å². The second-order valence-electron chi connectivity index (χ2n) is 9.15. The maximum atomic E-state index is 12.7. The van der Waals surface area contributed by atoms with E-state index in [1.807, 2.05) is 56.0 Å². The van der Waals surface area contributed by atoms with Crippen LogP contribution >= 0.6 is 0 Å². The summed E-state index contributed by atoms with van der Waals surface area (Å²) >= 11 is 0. The number of rotatable bonds is 5. The SMILES string of the molecule is COc1ccc(-c2ccc3nc(N)nc(N4CCC(C(=O)OC(C)(C)C)[C@@H]4N)c3n2)cc1OC. The van der Waals surface area contributed by atoms with Crippen LogP contribution in [0.15, 0.2) is 30.3 Å². The van der Waals surface area contributed by atoms with Gasteiger partial charge in [0.25, 0.3) is 0 Å². The zero-order chi connectivity index (χ0) is 24.6. The molecule has 4 N–H and O–H groups in total. The Morgan fingerprint density at radius 1 is 1.06 bits per heavy atom. The first-order chi connectivity index (χ1) is 16.1. The molecule has 180 valence electrons. The fourth-order valence-corrected chi connectivity index (χ4v) is 4.07. The number of carbonyl (C=O) groups excluding carboxylic acids is 1. The molecule has 3 aromatic rings. The third-order valence-corrected chi connectivity index (χ3v) is 5.66. The molecule has 0 saturated carbocycles. The molecule has 1 saturated heterocycles. The molecule has 1 aromatic carbocycles. The van der Waals surface area contributed by atoms with Crippen molar-refractivity contribution in [1.29, 1.82) is 0 Å². The first-order valence-corrected chi connectivity index (χ1v) is 11.0. The van der Waals surface area contributed by atoms with Crippen LogP contribution in [0.2, 0.25) is 0 Å². The predicted molar refractivity (Wildman–Crippen MR) is 130 cm³/mol. The highest BCUT2D eigenvalue weighted by Gasteiger charge is 2.40. The van der Waals surface area contributed by atoms with Gasteiger partial charge in [0.05, 0.1) is 37.5 Å². The van der Waals surface area contributed by atoms with Crippen LogP contribution in [0.5, 0.6) is 11.5 Å². The van der Waals surface area contributed by atoms with E-state index < -0.39 is 17.7 Å². The maximum absolute atomic E-state index is 12.7. The van der Waals surface area contributed by atoms with Crippen molar-refractivity contribution in [3.8, 4) is 22.8 Å². The van der Waals surface area contributed by atoms with Crippen LogP contribution in [0.4, 0.5) is 11.8 Å². The van der Waals surface area contributed by atoms with Gasteiger partial charge in [-0.25, -0.2) is 9.97 Å². The van der Waals surface area contributed by atoms with Crippen molar-refractivity contribution in [2.24, 2.45) is 11.7 Å². The highest BCUT2D eigenvalue weighted by Crippen LogP contribution is 2.35. The Hall–Kier alpha value is -3.66. The third-order valence-electron chi connectivity index (χ3n) is 5.66. The van der Waals surface area contributed by atoms with E-state index in [2.05, 4.69) is 9.97 Å². The Kier molecular flexibility index (Phi) is 6.18. The van der Waals surface area contributed by atoms with Crippen molar-refractivity contribution < 1.29 is 19.0 Å². The Morgan fingerprint density at radius 3 is 2.47 bits per heavy atom. The molecule has 0 spiro atoms. The number of nitrogen functional groups attached to an aromatic ring is 1. The summed E-state index contributed by atoms with van der Waals surface area (Å²) in [5.41, 5.74) is 14.6. The normalized spacial score (nSPS) is 18.2. The summed E-state index contributed by atoms with van der Waals surface area (Å²) in [6.45, 7) is 6.02. The Labute approximate surface area is 198 Å². The molecule has 0 bridgehead atoms. The lowest BCUT2D eigenvalue weighted by Gasteiger charge is -2.27. The van der Waals surface area contributed by atoms with Crippen molar-refractivity contribution in [2.45, 2.75) is 39.0 Å². The molecule has 1 fully saturated rings. The summed E-state index contributed by atoms with van der Waals surface area (Å²) in [6.07, 6.45) is -0.0875. The molecule has 34 heavy (non-hydrogen) atoms. The number of hydrogen-bond donors (Lipinski definition) is 2. The van der Waals surface area contributed by atoms with E-state index >= 15 is 0 Å². The van der Waals surface area contributed by atoms with Gasteiger partial charge in [0.15, 0.2) is 17.3 Å². The van der Waals surface area contributed by atoms with Crippen molar-refractivity contribution in [3.63, 3.8) is 0 Å². The van der Waals surface area contributed by atoms with Gasteiger partial charge in [-0.3, -0.25) is 4.79 Å². The summed E-state index contributed by atoms with van der Waals surface area (Å²) in [5.74, 6) is 1.00.